The van der Waals surface area contributed by atoms with E-state index >= 15 is 0 Å². The first-order chi connectivity index (χ1) is 5.58. The number of hydrogen-bond acceptors (Lipinski definition) is 1. The molecular formula is C11H27N. The molecule has 0 aromatic rings. The molecule has 0 saturated carbocycles. The zero-order chi connectivity index (χ0) is 9.98. The van der Waals surface area contributed by atoms with Gasteiger partial charge in [-0.2, -0.15) is 0 Å². The van der Waals surface area contributed by atoms with Gasteiger partial charge in [0.1, 0.15) is 0 Å². The largest absolute Gasteiger partial charge is 0.304 e. The van der Waals surface area contributed by atoms with Gasteiger partial charge in [0.2, 0.25) is 0 Å². The van der Waals surface area contributed by atoms with Gasteiger partial charge < -0.3 is 4.90 Å². The Labute approximate surface area is 79.2 Å². The quantitative estimate of drug-likeness (QED) is 0.630. The molecule has 0 rings (SSSR count). The molecular weight excluding hydrogens is 146 g/mol. The third-order valence-electron chi connectivity index (χ3n) is 1.43. The van der Waals surface area contributed by atoms with Gasteiger partial charge in [0.05, 0.1) is 0 Å². The summed E-state index contributed by atoms with van der Waals surface area (Å²) >= 11 is 0. The Hall–Kier alpha value is -0.0400. The minimum Gasteiger partial charge on any atom is -0.304 e. The second kappa shape index (κ2) is 11.0. The maximum Gasteiger partial charge on any atom is -0.00216 e. The van der Waals surface area contributed by atoms with Crippen molar-refractivity contribution in [3.05, 3.63) is 0 Å². The summed E-state index contributed by atoms with van der Waals surface area (Å²) < 4.78 is 0. The van der Waals surface area contributed by atoms with Crippen LogP contribution >= 0.6 is 0 Å². The van der Waals surface area contributed by atoms with Crippen LogP contribution in [0.25, 0.3) is 0 Å². The van der Waals surface area contributed by atoms with Crippen molar-refractivity contribution < 1.29 is 0 Å². The highest BCUT2D eigenvalue weighted by Crippen LogP contribution is 1.87. The van der Waals surface area contributed by atoms with Crippen LogP contribution in [-0.4, -0.2) is 24.5 Å². The third-order valence-corrected chi connectivity index (χ3v) is 1.43. The molecule has 0 spiro atoms. The lowest BCUT2D eigenvalue weighted by Gasteiger charge is -2.15. The molecule has 1 heteroatoms. The third kappa shape index (κ3) is 16.5. The van der Waals surface area contributed by atoms with Crippen LogP contribution in [0, 0.1) is 5.92 Å². The molecule has 0 aromatic heterocycles. The molecule has 0 amide bonds. The van der Waals surface area contributed by atoms with E-state index in [1.54, 1.807) is 0 Å². The van der Waals surface area contributed by atoms with Crippen molar-refractivity contribution in [1.82, 2.24) is 4.90 Å². The van der Waals surface area contributed by atoms with Crippen LogP contribution in [0.2, 0.25) is 0 Å². The van der Waals surface area contributed by atoms with Crippen LogP contribution in [0.4, 0.5) is 0 Å². The summed E-state index contributed by atoms with van der Waals surface area (Å²) in [5.41, 5.74) is 0. The van der Waals surface area contributed by atoms with Crippen molar-refractivity contribution in [3.8, 4) is 0 Å². The van der Waals surface area contributed by atoms with Gasteiger partial charge in [-0.1, -0.05) is 41.5 Å². The monoisotopic (exact) mass is 173 g/mol. The van der Waals surface area contributed by atoms with Crippen molar-refractivity contribution in [2.75, 3.05) is 19.6 Å². The molecule has 0 aliphatic rings. The molecule has 76 valence electrons. The maximum atomic E-state index is 2.43. The molecule has 12 heavy (non-hydrogen) atoms. The van der Waals surface area contributed by atoms with Gasteiger partial charge in [-0.3, -0.25) is 0 Å². The highest BCUT2D eigenvalue weighted by atomic mass is 15.1. The zero-order valence-corrected chi connectivity index (χ0v) is 9.85. The predicted molar refractivity (Wildman–Crippen MR) is 58.6 cm³/mol. The topological polar surface area (TPSA) is 3.24 Å². The van der Waals surface area contributed by atoms with Gasteiger partial charge in [0.15, 0.2) is 0 Å². The molecule has 0 atom stereocenters. The van der Waals surface area contributed by atoms with Gasteiger partial charge >= 0.3 is 0 Å². The number of rotatable bonds is 4. The first kappa shape index (κ1) is 14.5. The van der Waals surface area contributed by atoms with Crippen LogP contribution in [0.15, 0.2) is 0 Å². The smallest absolute Gasteiger partial charge is 0.00216 e. The molecule has 0 heterocycles. The Balaban J connectivity index is 0. The molecule has 0 aliphatic carbocycles. The Morgan fingerprint density at radius 2 is 1.25 bits per heavy atom. The van der Waals surface area contributed by atoms with Crippen molar-refractivity contribution in [2.24, 2.45) is 5.92 Å². The van der Waals surface area contributed by atoms with E-state index in [1.165, 1.54) is 26.1 Å². The lowest BCUT2D eigenvalue weighted by molar-refractivity contribution is 0.304. The fourth-order valence-electron chi connectivity index (χ4n) is 0.856. The summed E-state index contributed by atoms with van der Waals surface area (Å²) in [6, 6.07) is 0. The van der Waals surface area contributed by atoms with E-state index in [0.29, 0.717) is 0 Å². The molecule has 0 saturated heterocycles. The standard InChI is InChI=1S/C7H17N.C4H10/c1-4-7-8(5-2)6-3;1-4(2)3/h4-7H2,1-3H3;4H,1-3H3. The minimum absolute atomic E-state index is 0.833. The Morgan fingerprint density at radius 1 is 0.917 bits per heavy atom. The Kier molecular flexibility index (Phi) is 13.2. The van der Waals surface area contributed by atoms with Crippen molar-refractivity contribution in [1.29, 1.82) is 0 Å². The molecule has 0 aliphatic heterocycles. The van der Waals surface area contributed by atoms with E-state index in [-0.39, 0.29) is 0 Å². The van der Waals surface area contributed by atoms with E-state index in [9.17, 15) is 0 Å². The van der Waals surface area contributed by atoms with Crippen LogP contribution in [-0.2, 0) is 0 Å². The molecule has 0 N–H and O–H groups in total. The second-order valence-corrected chi connectivity index (χ2v) is 3.76. The molecule has 1 nitrogen and oxygen atoms in total. The summed E-state index contributed by atoms with van der Waals surface area (Å²) in [7, 11) is 0. The van der Waals surface area contributed by atoms with Gasteiger partial charge in [0.25, 0.3) is 0 Å². The predicted octanol–water partition coefficient (Wildman–Crippen LogP) is 3.40. The van der Waals surface area contributed by atoms with Crippen molar-refractivity contribution in [3.63, 3.8) is 0 Å². The highest BCUT2D eigenvalue weighted by Gasteiger charge is 1.92. The average molecular weight is 173 g/mol. The van der Waals surface area contributed by atoms with E-state index < -0.39 is 0 Å². The lowest BCUT2D eigenvalue weighted by Crippen LogP contribution is -2.23. The fraction of sp³-hybridized carbons (Fsp3) is 1.00. The van der Waals surface area contributed by atoms with E-state index in [4.69, 9.17) is 0 Å². The summed E-state index contributed by atoms with van der Waals surface area (Å²) in [6.07, 6.45) is 1.28. The summed E-state index contributed by atoms with van der Waals surface area (Å²) in [4.78, 5) is 2.43. The Morgan fingerprint density at radius 3 is 1.33 bits per heavy atom. The Bertz CT molecular complexity index is 62.6. The molecule has 0 radical (unpaired) electrons. The number of hydrogen-bond donors (Lipinski definition) is 0. The summed E-state index contributed by atoms with van der Waals surface area (Å²) in [5, 5.41) is 0. The van der Waals surface area contributed by atoms with Crippen LogP contribution in [0.3, 0.4) is 0 Å². The van der Waals surface area contributed by atoms with Gasteiger partial charge in [0, 0.05) is 0 Å². The first-order valence-electron chi connectivity index (χ1n) is 5.30. The van der Waals surface area contributed by atoms with E-state index in [2.05, 4.69) is 46.4 Å². The van der Waals surface area contributed by atoms with Crippen LogP contribution in [0.5, 0.6) is 0 Å². The normalized spacial score (nSPS) is 10.0. The molecule has 0 fully saturated rings. The molecule has 0 bridgehead atoms. The minimum atomic E-state index is 0.833. The second-order valence-electron chi connectivity index (χ2n) is 3.76. The summed E-state index contributed by atoms with van der Waals surface area (Å²) in [6.45, 7) is 16.8. The van der Waals surface area contributed by atoms with E-state index in [1.807, 2.05) is 0 Å². The molecule has 0 aromatic carbocycles. The summed E-state index contributed by atoms with van der Waals surface area (Å²) in [5.74, 6) is 0.833. The van der Waals surface area contributed by atoms with E-state index in [0.717, 1.165) is 5.92 Å². The SMILES string of the molecule is CC(C)C.CCCN(CC)CC. The number of nitrogens with zero attached hydrogens (tertiary/aromatic N) is 1. The fourth-order valence-corrected chi connectivity index (χ4v) is 0.856. The van der Waals surface area contributed by atoms with Gasteiger partial charge in [-0.25, -0.2) is 0 Å². The van der Waals surface area contributed by atoms with Crippen molar-refractivity contribution >= 4 is 0 Å². The van der Waals surface area contributed by atoms with Crippen LogP contribution in [0.1, 0.15) is 48.0 Å². The maximum absolute atomic E-state index is 2.43. The molecule has 0 unspecified atom stereocenters. The average Bonchev–Trinajstić information content (AvgIpc) is 1.99. The van der Waals surface area contributed by atoms with Gasteiger partial charge in [-0.15, -0.1) is 0 Å². The lowest BCUT2D eigenvalue weighted by atomic mass is 10.3. The highest BCUT2D eigenvalue weighted by molar-refractivity contribution is 4.47. The van der Waals surface area contributed by atoms with Gasteiger partial charge in [-0.05, 0) is 32.0 Å². The van der Waals surface area contributed by atoms with Crippen molar-refractivity contribution in [2.45, 2.75) is 48.0 Å². The zero-order valence-electron chi connectivity index (χ0n) is 9.85. The van der Waals surface area contributed by atoms with Crippen LogP contribution < -0.4 is 0 Å². The first-order valence-corrected chi connectivity index (χ1v) is 5.30.